The molecule has 1 aromatic heterocycles. The predicted octanol–water partition coefficient (Wildman–Crippen LogP) is 2.98. The fourth-order valence-electron chi connectivity index (χ4n) is 3.88. The van der Waals surface area contributed by atoms with Crippen molar-refractivity contribution in [3.8, 4) is 11.3 Å². The van der Waals surface area contributed by atoms with Crippen LogP contribution in [0.3, 0.4) is 0 Å². The summed E-state index contributed by atoms with van der Waals surface area (Å²) in [6, 6.07) is 10.1. The van der Waals surface area contributed by atoms with Gasteiger partial charge < -0.3 is 11.5 Å². The molecule has 4 rings (SSSR count). The van der Waals surface area contributed by atoms with Gasteiger partial charge in [0, 0.05) is 17.4 Å². The minimum absolute atomic E-state index is 0.271. The average Bonchev–Trinajstić information content (AvgIpc) is 2.68. The number of aromatic nitrogens is 2. The van der Waals surface area contributed by atoms with E-state index in [2.05, 4.69) is 15.0 Å². The highest BCUT2D eigenvalue weighted by molar-refractivity contribution is 7.98. The maximum Gasteiger partial charge on any atom is 0.220 e. The number of hydrogen-bond donors (Lipinski definition) is 2. The molecule has 8 heteroatoms. The van der Waals surface area contributed by atoms with Crippen LogP contribution in [0.2, 0.25) is 0 Å². The first-order chi connectivity index (χ1) is 13.1. The van der Waals surface area contributed by atoms with Crippen LogP contribution in [0.25, 0.3) is 11.3 Å². The Morgan fingerprint density at radius 2 is 1.78 bits per heavy atom. The number of anilines is 1. The first kappa shape index (κ1) is 17.8. The number of hydrogen-bond acceptors (Lipinski definition) is 8. The molecular weight excluding hydrogens is 358 g/mol. The van der Waals surface area contributed by atoms with E-state index < -0.39 is 5.66 Å². The monoisotopic (exact) mass is 381 g/mol. The Morgan fingerprint density at radius 3 is 2.48 bits per heavy atom. The van der Waals surface area contributed by atoms with Crippen LogP contribution in [0.4, 0.5) is 5.69 Å². The Morgan fingerprint density at radius 1 is 1.04 bits per heavy atom. The molecule has 2 aromatic rings. The number of benzene rings is 1. The van der Waals surface area contributed by atoms with E-state index in [1.165, 1.54) is 18.2 Å². The number of rotatable bonds is 3. The van der Waals surface area contributed by atoms with Crippen molar-refractivity contribution in [2.75, 3.05) is 11.2 Å². The maximum absolute atomic E-state index is 6.29. The van der Waals surface area contributed by atoms with Crippen LogP contribution >= 0.6 is 11.8 Å². The van der Waals surface area contributed by atoms with Crippen LogP contribution in [0.5, 0.6) is 0 Å². The lowest BCUT2D eigenvalue weighted by Gasteiger charge is -2.45. The van der Waals surface area contributed by atoms with Crippen LogP contribution in [-0.2, 0) is 0 Å². The van der Waals surface area contributed by atoms with E-state index in [0.717, 1.165) is 47.8 Å². The van der Waals surface area contributed by atoms with Crippen LogP contribution in [0.15, 0.2) is 51.7 Å². The lowest BCUT2D eigenvalue weighted by Crippen LogP contribution is -2.58. The zero-order chi connectivity index (χ0) is 18.9. The second-order valence-corrected chi connectivity index (χ2v) is 7.57. The van der Waals surface area contributed by atoms with E-state index >= 15 is 0 Å². The van der Waals surface area contributed by atoms with Gasteiger partial charge in [-0.15, -0.1) is 0 Å². The minimum Gasteiger partial charge on any atom is -0.369 e. The molecule has 1 spiro atoms. The molecule has 1 aliphatic carbocycles. The van der Waals surface area contributed by atoms with Crippen molar-refractivity contribution in [3.05, 3.63) is 36.5 Å². The third-order valence-electron chi connectivity index (χ3n) is 5.09. The molecule has 1 aromatic carbocycles. The van der Waals surface area contributed by atoms with Crippen molar-refractivity contribution in [2.45, 2.75) is 42.9 Å². The Balaban J connectivity index is 1.68. The molecule has 1 aliphatic heterocycles. The molecule has 2 heterocycles. The van der Waals surface area contributed by atoms with Gasteiger partial charge >= 0.3 is 0 Å². The van der Waals surface area contributed by atoms with Crippen LogP contribution in [0.1, 0.15) is 32.1 Å². The van der Waals surface area contributed by atoms with Crippen molar-refractivity contribution in [1.29, 1.82) is 0 Å². The SMILES string of the molecule is CSc1nccc(-c2ccc(N3C(N)=NC(N)=NC34CCCCC4)cc2)n1. The molecule has 0 saturated heterocycles. The number of thioether (sulfide) groups is 1. The third kappa shape index (κ3) is 3.37. The quantitative estimate of drug-likeness (QED) is 0.625. The van der Waals surface area contributed by atoms with Crippen molar-refractivity contribution in [1.82, 2.24) is 9.97 Å². The van der Waals surface area contributed by atoms with Gasteiger partial charge in [0.25, 0.3) is 0 Å². The molecule has 27 heavy (non-hydrogen) atoms. The molecular formula is C19H23N7S. The van der Waals surface area contributed by atoms with Gasteiger partial charge in [-0.05, 0) is 50.1 Å². The Hall–Kier alpha value is -2.61. The summed E-state index contributed by atoms with van der Waals surface area (Å²) in [5.74, 6) is 0.678. The summed E-state index contributed by atoms with van der Waals surface area (Å²) in [6.07, 6.45) is 9.03. The molecule has 0 bridgehead atoms. The highest BCUT2D eigenvalue weighted by atomic mass is 32.2. The first-order valence-electron chi connectivity index (χ1n) is 9.08. The van der Waals surface area contributed by atoms with E-state index in [9.17, 15) is 0 Å². The lowest BCUT2D eigenvalue weighted by molar-refractivity contribution is 0.305. The summed E-state index contributed by atoms with van der Waals surface area (Å²) in [6.45, 7) is 0. The van der Waals surface area contributed by atoms with E-state index in [0.29, 0.717) is 5.96 Å². The second-order valence-electron chi connectivity index (χ2n) is 6.79. The number of nitrogens with two attached hydrogens (primary N) is 2. The summed E-state index contributed by atoms with van der Waals surface area (Å²) in [5, 5.41) is 0.759. The third-order valence-corrected chi connectivity index (χ3v) is 5.65. The van der Waals surface area contributed by atoms with E-state index in [-0.39, 0.29) is 5.96 Å². The van der Waals surface area contributed by atoms with Gasteiger partial charge in [0.2, 0.25) is 11.9 Å². The maximum atomic E-state index is 6.29. The minimum atomic E-state index is -0.420. The summed E-state index contributed by atoms with van der Waals surface area (Å²) in [7, 11) is 0. The molecule has 2 aliphatic rings. The standard InChI is InChI=1S/C19H23N7S/c1-27-18-22-12-9-15(23-18)13-5-7-14(8-6-13)26-17(21)24-16(20)25-19(26)10-3-2-4-11-19/h5-9,12H,2-4,10-11H2,1H3,(H4,20,21,24,25). The molecule has 0 radical (unpaired) electrons. The second kappa shape index (κ2) is 7.19. The largest absolute Gasteiger partial charge is 0.369 e. The number of guanidine groups is 2. The average molecular weight is 382 g/mol. The molecule has 0 amide bonds. The molecule has 1 fully saturated rings. The predicted molar refractivity (Wildman–Crippen MR) is 111 cm³/mol. The Bertz CT molecular complexity index is 885. The zero-order valence-electron chi connectivity index (χ0n) is 15.3. The van der Waals surface area contributed by atoms with Crippen LogP contribution < -0.4 is 16.4 Å². The molecule has 7 nitrogen and oxygen atoms in total. The normalized spacial score (nSPS) is 18.9. The molecule has 0 atom stereocenters. The van der Waals surface area contributed by atoms with E-state index in [1.54, 1.807) is 6.20 Å². The highest BCUT2D eigenvalue weighted by Crippen LogP contribution is 2.39. The van der Waals surface area contributed by atoms with Crippen LogP contribution in [-0.4, -0.2) is 33.8 Å². The van der Waals surface area contributed by atoms with Gasteiger partial charge in [0.15, 0.2) is 5.16 Å². The van der Waals surface area contributed by atoms with Crippen molar-refractivity contribution >= 4 is 29.4 Å². The molecule has 4 N–H and O–H groups in total. The zero-order valence-corrected chi connectivity index (χ0v) is 16.1. The molecule has 1 saturated carbocycles. The van der Waals surface area contributed by atoms with Gasteiger partial charge in [-0.2, -0.15) is 4.99 Å². The summed E-state index contributed by atoms with van der Waals surface area (Å²) < 4.78 is 0. The molecule has 140 valence electrons. The van der Waals surface area contributed by atoms with E-state index in [4.69, 9.17) is 16.5 Å². The number of aliphatic imine (C=N–C) groups is 2. The summed E-state index contributed by atoms with van der Waals surface area (Å²) >= 11 is 1.53. The van der Waals surface area contributed by atoms with Crippen molar-refractivity contribution < 1.29 is 0 Å². The van der Waals surface area contributed by atoms with Crippen molar-refractivity contribution in [2.24, 2.45) is 21.5 Å². The fraction of sp³-hybridized carbons (Fsp3) is 0.368. The smallest absolute Gasteiger partial charge is 0.220 e. The Kier molecular flexibility index (Phi) is 4.73. The Labute approximate surface area is 163 Å². The molecule has 0 unspecified atom stereocenters. The van der Waals surface area contributed by atoms with Gasteiger partial charge in [-0.25, -0.2) is 15.0 Å². The number of nitrogens with zero attached hydrogens (tertiary/aromatic N) is 5. The van der Waals surface area contributed by atoms with Crippen molar-refractivity contribution in [3.63, 3.8) is 0 Å². The summed E-state index contributed by atoms with van der Waals surface area (Å²) in [5.41, 5.74) is 14.7. The van der Waals surface area contributed by atoms with Gasteiger partial charge in [0.1, 0.15) is 5.66 Å². The highest BCUT2D eigenvalue weighted by Gasteiger charge is 2.42. The first-order valence-corrected chi connectivity index (χ1v) is 10.3. The lowest BCUT2D eigenvalue weighted by atomic mass is 9.87. The van der Waals surface area contributed by atoms with Crippen LogP contribution in [0, 0.1) is 0 Å². The topological polar surface area (TPSA) is 106 Å². The van der Waals surface area contributed by atoms with E-state index in [1.807, 2.05) is 41.5 Å². The van der Waals surface area contributed by atoms with Gasteiger partial charge in [0.05, 0.1) is 5.69 Å². The fourth-order valence-corrected chi connectivity index (χ4v) is 4.23. The van der Waals surface area contributed by atoms with Gasteiger partial charge in [-0.3, -0.25) is 4.90 Å². The van der Waals surface area contributed by atoms with Gasteiger partial charge in [-0.1, -0.05) is 30.3 Å². The summed E-state index contributed by atoms with van der Waals surface area (Å²) in [4.78, 5) is 19.8.